The van der Waals surface area contributed by atoms with Crippen LogP contribution in [0.15, 0.2) is 0 Å². The van der Waals surface area contributed by atoms with Gasteiger partial charge in [0.1, 0.15) is 0 Å². The van der Waals surface area contributed by atoms with Gasteiger partial charge >= 0.3 is 0 Å². The van der Waals surface area contributed by atoms with Crippen LogP contribution >= 0.6 is 0 Å². The molecular formula is C25H52. The third kappa shape index (κ3) is 10.0. The zero-order valence-electron chi connectivity index (χ0n) is 19.1. The summed E-state index contributed by atoms with van der Waals surface area (Å²) in [7, 11) is 0. The van der Waals surface area contributed by atoms with Crippen LogP contribution in [0, 0.1) is 23.2 Å². The van der Waals surface area contributed by atoms with Crippen molar-refractivity contribution >= 4 is 0 Å². The second-order valence-corrected chi connectivity index (χ2v) is 9.16. The van der Waals surface area contributed by atoms with Gasteiger partial charge in [0.05, 0.1) is 0 Å². The van der Waals surface area contributed by atoms with Crippen molar-refractivity contribution in [1.29, 1.82) is 0 Å². The maximum atomic E-state index is 2.55. The Morgan fingerprint density at radius 1 is 0.640 bits per heavy atom. The molecule has 0 spiro atoms. The van der Waals surface area contributed by atoms with Gasteiger partial charge in [-0.25, -0.2) is 0 Å². The number of rotatable bonds is 17. The van der Waals surface area contributed by atoms with Crippen LogP contribution in [0.25, 0.3) is 0 Å². The second-order valence-electron chi connectivity index (χ2n) is 9.16. The predicted octanol–water partition coefficient (Wildman–Crippen LogP) is 9.42. The highest BCUT2D eigenvalue weighted by atomic mass is 14.3. The number of unbranched alkanes of at least 4 members (excludes halogenated alkanes) is 3. The molecule has 4 atom stereocenters. The first kappa shape index (κ1) is 25.0. The van der Waals surface area contributed by atoms with Crippen LogP contribution in [-0.4, -0.2) is 0 Å². The lowest BCUT2D eigenvalue weighted by molar-refractivity contribution is 0.153. The lowest BCUT2D eigenvalue weighted by Crippen LogP contribution is -2.25. The van der Waals surface area contributed by atoms with Crippen molar-refractivity contribution in [1.82, 2.24) is 0 Å². The van der Waals surface area contributed by atoms with E-state index in [9.17, 15) is 0 Å². The van der Waals surface area contributed by atoms with Crippen molar-refractivity contribution < 1.29 is 0 Å². The molecule has 0 aromatic rings. The van der Waals surface area contributed by atoms with Gasteiger partial charge in [-0.1, -0.05) is 132 Å². The summed E-state index contributed by atoms with van der Waals surface area (Å²) in [5, 5.41) is 0. The van der Waals surface area contributed by atoms with Crippen molar-refractivity contribution in [2.24, 2.45) is 23.2 Å². The van der Waals surface area contributed by atoms with Gasteiger partial charge in [0.15, 0.2) is 0 Å². The minimum atomic E-state index is 0.562. The van der Waals surface area contributed by atoms with E-state index >= 15 is 0 Å². The minimum Gasteiger partial charge on any atom is -0.0654 e. The Kier molecular flexibility index (Phi) is 15.1. The second kappa shape index (κ2) is 15.1. The van der Waals surface area contributed by atoms with Gasteiger partial charge in [0.25, 0.3) is 0 Å². The molecule has 0 aliphatic heterocycles. The lowest BCUT2D eigenvalue weighted by atomic mass is 9.70. The molecule has 4 unspecified atom stereocenters. The quantitative estimate of drug-likeness (QED) is 0.229. The van der Waals surface area contributed by atoms with Gasteiger partial charge < -0.3 is 0 Å². The molecule has 0 radical (unpaired) electrons. The summed E-state index contributed by atoms with van der Waals surface area (Å²) in [4.78, 5) is 0. The maximum Gasteiger partial charge on any atom is -0.0303 e. The van der Waals surface area contributed by atoms with Gasteiger partial charge in [-0.3, -0.25) is 0 Å². The molecule has 25 heavy (non-hydrogen) atoms. The summed E-state index contributed by atoms with van der Waals surface area (Å²) >= 11 is 0. The van der Waals surface area contributed by atoms with E-state index in [0.29, 0.717) is 5.41 Å². The summed E-state index contributed by atoms with van der Waals surface area (Å²) in [5.41, 5.74) is 0.562. The van der Waals surface area contributed by atoms with Gasteiger partial charge in [-0.2, -0.15) is 0 Å². The first-order valence-electron chi connectivity index (χ1n) is 12.0. The summed E-state index contributed by atoms with van der Waals surface area (Å²) in [5.74, 6) is 2.85. The smallest absolute Gasteiger partial charge is 0.0303 e. The van der Waals surface area contributed by atoms with E-state index in [4.69, 9.17) is 0 Å². The van der Waals surface area contributed by atoms with Gasteiger partial charge in [-0.15, -0.1) is 0 Å². The fourth-order valence-corrected chi connectivity index (χ4v) is 4.84. The van der Waals surface area contributed by atoms with Gasteiger partial charge in [0, 0.05) is 0 Å². The first-order valence-corrected chi connectivity index (χ1v) is 12.0. The highest BCUT2D eigenvalue weighted by Gasteiger charge is 2.28. The SMILES string of the molecule is CCCCCCC(CCC)C(CCC)CCCC(C)(CC)C(C)CC. The lowest BCUT2D eigenvalue weighted by Gasteiger charge is -2.36. The highest BCUT2D eigenvalue weighted by Crippen LogP contribution is 2.40. The van der Waals surface area contributed by atoms with E-state index in [0.717, 1.165) is 17.8 Å². The van der Waals surface area contributed by atoms with Crippen molar-refractivity contribution in [3.63, 3.8) is 0 Å². The highest BCUT2D eigenvalue weighted by molar-refractivity contribution is 4.79. The minimum absolute atomic E-state index is 0.562. The molecule has 0 aliphatic rings. The van der Waals surface area contributed by atoms with Crippen LogP contribution in [0.5, 0.6) is 0 Å². The van der Waals surface area contributed by atoms with Crippen molar-refractivity contribution in [2.75, 3.05) is 0 Å². The first-order chi connectivity index (χ1) is 12.0. The fraction of sp³-hybridized carbons (Fsp3) is 1.00. The van der Waals surface area contributed by atoms with Crippen molar-refractivity contribution in [3.8, 4) is 0 Å². The summed E-state index contributed by atoms with van der Waals surface area (Å²) in [6.45, 7) is 16.9. The van der Waals surface area contributed by atoms with Crippen LogP contribution < -0.4 is 0 Å². The third-order valence-corrected chi connectivity index (χ3v) is 7.35. The zero-order valence-corrected chi connectivity index (χ0v) is 19.1. The Hall–Kier alpha value is 0. The molecule has 0 aromatic heterocycles. The third-order valence-electron chi connectivity index (χ3n) is 7.35. The van der Waals surface area contributed by atoms with Crippen molar-refractivity contribution in [2.45, 2.75) is 138 Å². The van der Waals surface area contributed by atoms with Gasteiger partial charge in [-0.05, 0) is 29.6 Å². The van der Waals surface area contributed by atoms with Gasteiger partial charge in [0.2, 0.25) is 0 Å². The molecule has 0 aromatic carbocycles. The average Bonchev–Trinajstić information content (AvgIpc) is 2.62. The Morgan fingerprint density at radius 3 is 1.64 bits per heavy atom. The monoisotopic (exact) mass is 352 g/mol. The Bertz CT molecular complexity index is 282. The maximum absolute atomic E-state index is 2.55. The van der Waals surface area contributed by atoms with Crippen LogP contribution in [-0.2, 0) is 0 Å². The molecule has 0 N–H and O–H groups in total. The van der Waals surface area contributed by atoms with E-state index < -0.39 is 0 Å². The molecule has 0 nitrogen and oxygen atoms in total. The topological polar surface area (TPSA) is 0 Å². The van der Waals surface area contributed by atoms with E-state index in [1.807, 2.05) is 0 Å². The van der Waals surface area contributed by atoms with Crippen LogP contribution in [0.4, 0.5) is 0 Å². The Labute approximate surface area is 161 Å². The predicted molar refractivity (Wildman–Crippen MR) is 117 cm³/mol. The molecule has 0 heteroatoms. The molecule has 0 heterocycles. The standard InChI is InChI=1S/C25H52/c1-8-13-14-15-19-23(17-9-2)24(18-10-3)20-16-21-25(7,12-5)22(6)11-4/h22-24H,8-21H2,1-7H3. The fourth-order valence-electron chi connectivity index (χ4n) is 4.84. The zero-order chi connectivity index (χ0) is 19.1. The van der Waals surface area contributed by atoms with Crippen LogP contribution in [0.2, 0.25) is 0 Å². The van der Waals surface area contributed by atoms with E-state index in [1.54, 1.807) is 0 Å². The Balaban J connectivity index is 4.60. The number of hydrogen-bond acceptors (Lipinski definition) is 0. The van der Waals surface area contributed by atoms with Crippen LogP contribution in [0.1, 0.15) is 138 Å². The molecule has 0 rings (SSSR count). The van der Waals surface area contributed by atoms with Crippen molar-refractivity contribution in [3.05, 3.63) is 0 Å². The Morgan fingerprint density at radius 2 is 1.20 bits per heavy atom. The molecule has 0 saturated heterocycles. The molecule has 0 amide bonds. The summed E-state index contributed by atoms with van der Waals surface area (Å²) < 4.78 is 0. The van der Waals surface area contributed by atoms with E-state index in [-0.39, 0.29) is 0 Å². The van der Waals surface area contributed by atoms with E-state index in [2.05, 4.69) is 48.5 Å². The number of hydrogen-bond donors (Lipinski definition) is 0. The summed E-state index contributed by atoms with van der Waals surface area (Å²) in [6, 6.07) is 0. The largest absolute Gasteiger partial charge is 0.0654 e. The average molecular weight is 353 g/mol. The normalized spacial score (nSPS) is 17.9. The molecule has 152 valence electrons. The van der Waals surface area contributed by atoms with Crippen LogP contribution in [0.3, 0.4) is 0 Å². The molecule has 0 saturated carbocycles. The molecule has 0 aliphatic carbocycles. The summed E-state index contributed by atoms with van der Waals surface area (Å²) in [6.07, 6.45) is 19.9. The molecule has 0 fully saturated rings. The molecule has 0 bridgehead atoms. The molecular weight excluding hydrogens is 300 g/mol. The van der Waals surface area contributed by atoms with E-state index in [1.165, 1.54) is 89.9 Å².